The van der Waals surface area contributed by atoms with E-state index >= 15 is 0 Å². The zero-order chi connectivity index (χ0) is 20.6. The van der Waals surface area contributed by atoms with E-state index in [4.69, 9.17) is 10.2 Å². The van der Waals surface area contributed by atoms with Gasteiger partial charge in [-0.25, -0.2) is 13.6 Å². The number of sulfonamides is 1. The van der Waals surface area contributed by atoms with Crippen LogP contribution < -0.4 is 10.1 Å². The van der Waals surface area contributed by atoms with Crippen molar-refractivity contribution in [3.05, 3.63) is 72.1 Å². The van der Waals surface area contributed by atoms with E-state index in [1.807, 2.05) is 28.7 Å². The van der Waals surface area contributed by atoms with Crippen LogP contribution in [0.15, 0.2) is 70.8 Å². The van der Waals surface area contributed by atoms with Crippen LogP contribution in [0.1, 0.15) is 30.6 Å². The van der Waals surface area contributed by atoms with Crippen molar-refractivity contribution in [2.45, 2.75) is 30.8 Å². The second-order valence-corrected chi connectivity index (χ2v) is 8.33. The number of primary sulfonamides is 1. The van der Waals surface area contributed by atoms with Crippen molar-refractivity contribution in [1.82, 2.24) is 9.78 Å². The fourth-order valence-corrected chi connectivity index (χ4v) is 4.03. The van der Waals surface area contributed by atoms with Crippen LogP contribution in [0, 0.1) is 0 Å². The highest BCUT2D eigenvalue weighted by Gasteiger charge is 2.32. The lowest BCUT2D eigenvalue weighted by Crippen LogP contribution is -2.22. The van der Waals surface area contributed by atoms with E-state index in [0.29, 0.717) is 6.42 Å². The second-order valence-electron chi connectivity index (χ2n) is 6.77. The van der Waals surface area contributed by atoms with Gasteiger partial charge in [0.2, 0.25) is 10.0 Å². The molecule has 0 amide bonds. The third-order valence-corrected chi connectivity index (χ3v) is 5.84. The van der Waals surface area contributed by atoms with Gasteiger partial charge in [-0.05, 0) is 49.4 Å². The molecule has 3 aromatic rings. The molecule has 1 aromatic heterocycles. The maximum atomic E-state index is 11.6. The lowest BCUT2D eigenvalue weighted by atomic mass is 10.0. The van der Waals surface area contributed by atoms with Crippen molar-refractivity contribution in [2.75, 3.05) is 5.01 Å². The van der Waals surface area contributed by atoms with Crippen LogP contribution in [0.5, 0.6) is 5.75 Å². The molecular weight excluding hydrogens is 390 g/mol. The highest BCUT2D eigenvalue weighted by molar-refractivity contribution is 7.89. The molecule has 3 N–H and O–H groups in total. The highest BCUT2D eigenvalue weighted by atomic mass is 32.2. The molecule has 0 fully saturated rings. The molecule has 4 rings (SSSR count). The molecule has 2 aromatic carbocycles. The molecule has 29 heavy (non-hydrogen) atoms. The summed E-state index contributed by atoms with van der Waals surface area (Å²) in [4.78, 5) is 0.0489. The fourth-order valence-electron chi connectivity index (χ4n) is 3.52. The Labute approximate surface area is 168 Å². The number of benzene rings is 2. The Morgan fingerprint density at radius 3 is 2.59 bits per heavy atom. The Hall–Kier alpha value is -3.17. The molecule has 2 heterocycles. The number of anilines is 1. The number of nitrogens with zero attached hydrogens (tertiary/aromatic N) is 4. The van der Waals surface area contributed by atoms with Gasteiger partial charge in [-0.3, -0.25) is 9.69 Å². The van der Waals surface area contributed by atoms with Crippen LogP contribution in [0.2, 0.25) is 0 Å². The molecule has 0 bridgehead atoms. The smallest absolute Gasteiger partial charge is 0.238 e. The molecule has 0 saturated carbocycles. The molecule has 0 spiro atoms. The summed E-state index contributed by atoms with van der Waals surface area (Å²) in [6.45, 7) is 2.74. The number of aromatic nitrogens is 2. The molecule has 1 atom stereocenters. The van der Waals surface area contributed by atoms with Gasteiger partial charge in [0.05, 0.1) is 28.0 Å². The van der Waals surface area contributed by atoms with Gasteiger partial charge in [0.1, 0.15) is 5.75 Å². The minimum atomic E-state index is -3.77. The molecule has 8 nitrogen and oxygen atoms in total. The number of aryl methyl sites for hydroxylation is 1. The number of hydrogen-bond acceptors (Lipinski definition) is 6. The lowest BCUT2D eigenvalue weighted by molar-refractivity contribution is 0.475. The Balaban J connectivity index is 1.77. The Morgan fingerprint density at radius 2 is 1.93 bits per heavy atom. The van der Waals surface area contributed by atoms with Crippen LogP contribution in [0.25, 0.3) is 0 Å². The number of rotatable bonds is 5. The maximum absolute atomic E-state index is 11.6. The average molecular weight is 411 g/mol. The van der Waals surface area contributed by atoms with Crippen molar-refractivity contribution < 1.29 is 13.5 Å². The standard InChI is InChI=1S/C20H21N5O3S/c1-2-24-19(10-11-22-24)20-13-18(14-4-3-5-16(26)12-14)23-25(20)15-6-8-17(9-7-15)29(21,27)28/h3-12,20,26H,2,13H2,1H3,(H2,21,27,28)/t20-/m0/s1. The maximum Gasteiger partial charge on any atom is 0.238 e. The van der Waals surface area contributed by atoms with Gasteiger partial charge in [-0.1, -0.05) is 12.1 Å². The van der Waals surface area contributed by atoms with Gasteiger partial charge in [0.15, 0.2) is 0 Å². The number of phenols is 1. The molecule has 1 aliphatic rings. The predicted molar refractivity (Wildman–Crippen MR) is 110 cm³/mol. The summed E-state index contributed by atoms with van der Waals surface area (Å²) in [7, 11) is -3.77. The van der Waals surface area contributed by atoms with E-state index in [-0.39, 0.29) is 16.7 Å². The number of phenolic OH excluding ortho intramolecular Hbond substituents is 1. The first-order valence-corrected chi connectivity index (χ1v) is 10.7. The molecule has 0 aliphatic carbocycles. The topological polar surface area (TPSA) is 114 Å². The van der Waals surface area contributed by atoms with Crippen molar-refractivity contribution >= 4 is 21.4 Å². The van der Waals surface area contributed by atoms with Crippen LogP contribution in [0.3, 0.4) is 0 Å². The fraction of sp³-hybridized carbons (Fsp3) is 0.200. The summed E-state index contributed by atoms with van der Waals surface area (Å²) in [5, 5.41) is 26.1. The molecule has 0 saturated heterocycles. The monoisotopic (exact) mass is 411 g/mol. The zero-order valence-corrected chi connectivity index (χ0v) is 16.6. The Kier molecular flexibility index (Phi) is 4.85. The molecule has 1 aliphatic heterocycles. The first-order valence-electron chi connectivity index (χ1n) is 9.17. The van der Waals surface area contributed by atoms with E-state index in [2.05, 4.69) is 5.10 Å². The van der Waals surface area contributed by atoms with Gasteiger partial charge in [-0.2, -0.15) is 10.2 Å². The van der Waals surface area contributed by atoms with Gasteiger partial charge in [-0.15, -0.1) is 0 Å². The number of hydrazone groups is 1. The lowest BCUT2D eigenvalue weighted by Gasteiger charge is -2.24. The highest BCUT2D eigenvalue weighted by Crippen LogP contribution is 2.37. The van der Waals surface area contributed by atoms with Crippen LogP contribution in [-0.2, 0) is 16.6 Å². The third-order valence-electron chi connectivity index (χ3n) is 4.91. The van der Waals surface area contributed by atoms with E-state index in [1.54, 1.807) is 36.5 Å². The van der Waals surface area contributed by atoms with Crippen molar-refractivity contribution in [3.8, 4) is 5.75 Å². The Morgan fingerprint density at radius 1 is 1.17 bits per heavy atom. The summed E-state index contributed by atoms with van der Waals surface area (Å²) < 4.78 is 25.1. The van der Waals surface area contributed by atoms with Gasteiger partial charge < -0.3 is 5.11 Å². The average Bonchev–Trinajstić information content (AvgIpc) is 3.34. The minimum absolute atomic E-state index is 0.0489. The molecule has 150 valence electrons. The summed E-state index contributed by atoms with van der Waals surface area (Å²) in [6.07, 6.45) is 2.37. The first-order chi connectivity index (χ1) is 13.9. The van der Waals surface area contributed by atoms with Gasteiger partial charge >= 0.3 is 0 Å². The Bertz CT molecular complexity index is 1170. The van der Waals surface area contributed by atoms with E-state index in [9.17, 15) is 13.5 Å². The SMILES string of the molecule is CCn1nccc1[C@@H]1CC(c2cccc(O)c2)=NN1c1ccc(S(N)(=O)=O)cc1. The summed E-state index contributed by atoms with van der Waals surface area (Å²) in [5.41, 5.74) is 3.40. The van der Waals surface area contributed by atoms with Crippen LogP contribution in [-0.4, -0.2) is 29.0 Å². The minimum Gasteiger partial charge on any atom is -0.508 e. The van der Waals surface area contributed by atoms with Crippen molar-refractivity contribution in [1.29, 1.82) is 0 Å². The summed E-state index contributed by atoms with van der Waals surface area (Å²) in [5.74, 6) is 0.177. The van der Waals surface area contributed by atoms with E-state index < -0.39 is 10.0 Å². The first kappa shape index (κ1) is 19.2. The normalized spacial score (nSPS) is 16.8. The number of aromatic hydroxyl groups is 1. The number of nitrogens with two attached hydrogens (primary N) is 1. The quantitative estimate of drug-likeness (QED) is 0.670. The van der Waals surface area contributed by atoms with Crippen LogP contribution in [0.4, 0.5) is 5.69 Å². The van der Waals surface area contributed by atoms with Crippen molar-refractivity contribution in [3.63, 3.8) is 0 Å². The van der Waals surface area contributed by atoms with Crippen molar-refractivity contribution in [2.24, 2.45) is 10.2 Å². The van der Waals surface area contributed by atoms with Crippen LogP contribution >= 0.6 is 0 Å². The molecular formula is C20H21N5O3S. The largest absolute Gasteiger partial charge is 0.508 e. The molecule has 9 heteroatoms. The summed E-state index contributed by atoms with van der Waals surface area (Å²) >= 11 is 0. The van der Waals surface area contributed by atoms with Gasteiger partial charge in [0, 0.05) is 24.7 Å². The van der Waals surface area contributed by atoms with Gasteiger partial charge in [0.25, 0.3) is 0 Å². The third kappa shape index (κ3) is 3.74. The van der Waals surface area contributed by atoms with E-state index in [1.165, 1.54) is 12.1 Å². The van der Waals surface area contributed by atoms with E-state index in [0.717, 1.165) is 29.2 Å². The molecule has 0 radical (unpaired) electrons. The second kappa shape index (κ2) is 7.34. The zero-order valence-electron chi connectivity index (χ0n) is 15.8. The predicted octanol–water partition coefficient (Wildman–Crippen LogP) is 2.61. The summed E-state index contributed by atoms with van der Waals surface area (Å²) in [6, 6.07) is 15.1. The number of hydrogen-bond donors (Lipinski definition) is 2. The molecule has 0 unspecified atom stereocenters.